The maximum Gasteiger partial charge on any atom is 0.163 e. The maximum atomic E-state index is 8.22. The predicted octanol–water partition coefficient (Wildman–Crippen LogP) is 3.17. The largest absolute Gasteiger partial charge is 0.513 e. The van der Waals surface area contributed by atoms with Crippen LogP contribution in [0.4, 0.5) is 0 Å². The molecule has 0 unspecified atom stereocenters. The highest BCUT2D eigenvalue weighted by Crippen LogP contribution is 2.22. The van der Waals surface area contributed by atoms with Crippen LogP contribution in [0.3, 0.4) is 0 Å². The van der Waals surface area contributed by atoms with Crippen molar-refractivity contribution in [1.29, 1.82) is 5.41 Å². The predicted molar refractivity (Wildman–Crippen MR) is 106 cm³/mol. The van der Waals surface area contributed by atoms with E-state index in [4.69, 9.17) is 31.6 Å². The van der Waals surface area contributed by atoms with Crippen molar-refractivity contribution in [3.05, 3.63) is 34.8 Å². The second-order valence-electron chi connectivity index (χ2n) is 4.90. The van der Waals surface area contributed by atoms with Gasteiger partial charge in [-0.1, -0.05) is 17.7 Å². The third-order valence-corrected chi connectivity index (χ3v) is 3.12. The minimum absolute atomic E-state index is 0.326. The van der Waals surface area contributed by atoms with Crippen LogP contribution < -0.4 is 4.74 Å². The van der Waals surface area contributed by atoms with Gasteiger partial charge in [-0.25, -0.2) is 4.98 Å². The Balaban J connectivity index is 0.00000110. The number of aliphatic hydroxyl groups excluding tert-OH is 1. The molecule has 0 aliphatic heterocycles. The highest BCUT2D eigenvalue weighted by Gasteiger charge is 2.15. The number of aliphatic hydroxyl groups is 1. The molecule has 1 aromatic rings. The quantitative estimate of drug-likeness (QED) is 0.247. The Kier molecular flexibility index (Phi) is 12.5. The van der Waals surface area contributed by atoms with E-state index in [-0.39, 0.29) is 0 Å². The Morgan fingerprint density at radius 2 is 2.12 bits per heavy atom. The number of rotatable bonds is 7. The van der Waals surface area contributed by atoms with Crippen molar-refractivity contribution in [2.45, 2.75) is 13.8 Å². The lowest BCUT2D eigenvalue weighted by Gasteiger charge is -2.19. The second-order valence-corrected chi connectivity index (χ2v) is 5.29. The first-order valence-corrected chi connectivity index (χ1v) is 8.09. The lowest BCUT2D eigenvalue weighted by Crippen LogP contribution is -2.29. The zero-order valence-electron chi connectivity index (χ0n) is 15.7. The number of amidine groups is 1. The summed E-state index contributed by atoms with van der Waals surface area (Å²) in [6, 6.07) is 1.60. The van der Waals surface area contributed by atoms with Gasteiger partial charge in [0.25, 0.3) is 0 Å². The fourth-order valence-corrected chi connectivity index (χ4v) is 1.66. The lowest BCUT2D eigenvalue weighted by molar-refractivity contribution is 0.248. The number of hydrogen-bond acceptors (Lipinski definition) is 7. The van der Waals surface area contributed by atoms with Crippen LogP contribution in [0.5, 0.6) is 5.75 Å². The van der Waals surface area contributed by atoms with Crippen LogP contribution in [-0.4, -0.2) is 67.7 Å². The van der Waals surface area contributed by atoms with Crippen LogP contribution in [0.15, 0.2) is 34.3 Å². The number of aromatic nitrogens is 1. The highest BCUT2D eigenvalue weighted by molar-refractivity contribution is 6.29. The summed E-state index contributed by atoms with van der Waals surface area (Å²) in [7, 11) is 4.91. The highest BCUT2D eigenvalue weighted by atomic mass is 35.5. The molecule has 0 aromatic carbocycles. The minimum atomic E-state index is 0.326. The lowest BCUT2D eigenvalue weighted by atomic mass is 10.2. The molecule has 0 aliphatic carbocycles. The van der Waals surface area contributed by atoms with Gasteiger partial charge in [-0.2, -0.15) is 5.10 Å². The summed E-state index contributed by atoms with van der Waals surface area (Å²) in [6.45, 7) is 4.17. The molecule has 0 atom stereocenters. The topological polar surface area (TPSA) is 103 Å². The second kappa shape index (κ2) is 13.8. The van der Waals surface area contributed by atoms with Gasteiger partial charge in [-0.3, -0.25) is 0 Å². The number of methoxy groups -OCH3 is 2. The zero-order chi connectivity index (χ0) is 19.9. The molecule has 2 N–H and O–H groups in total. The van der Waals surface area contributed by atoms with Crippen LogP contribution in [0.1, 0.15) is 19.4 Å². The molecule has 0 spiro atoms. The minimum Gasteiger partial charge on any atom is -0.513 e. The van der Waals surface area contributed by atoms with Crippen LogP contribution in [-0.2, 0) is 4.74 Å². The number of hydrogen-bond donors (Lipinski definition) is 2. The van der Waals surface area contributed by atoms with Gasteiger partial charge < -0.3 is 24.9 Å². The monoisotopic (exact) mass is 383 g/mol. The summed E-state index contributed by atoms with van der Waals surface area (Å²) in [5.41, 5.74) is 0.640. The van der Waals surface area contributed by atoms with Gasteiger partial charge in [0.1, 0.15) is 10.9 Å². The van der Waals surface area contributed by atoms with E-state index in [0.29, 0.717) is 41.2 Å². The average molecular weight is 384 g/mol. The van der Waals surface area contributed by atoms with Crippen molar-refractivity contribution in [3.8, 4) is 5.75 Å². The summed E-state index contributed by atoms with van der Waals surface area (Å²) in [5.74, 6) is 1.43. The zero-order valence-corrected chi connectivity index (χ0v) is 16.5. The van der Waals surface area contributed by atoms with Crippen molar-refractivity contribution < 1.29 is 14.6 Å². The van der Waals surface area contributed by atoms with E-state index in [1.54, 1.807) is 51.2 Å². The standard InChI is InChI=1S/C13H18ClN5O2.C4H8O/c1-19(6-4-15)13(18-17-5-7-20-2)10-9-16-12(14)8-11(10)21-3;1-3-4(2)5/h4-5,8-9,15H,6-7H2,1-3H3;3,5H,1-2H3/b15-4?,17-5+,18-13-;4-3+. The molecule has 0 aliphatic rings. The van der Waals surface area contributed by atoms with Gasteiger partial charge in [0.15, 0.2) is 5.84 Å². The Labute approximate surface area is 159 Å². The first-order valence-electron chi connectivity index (χ1n) is 7.71. The third kappa shape index (κ3) is 9.14. The van der Waals surface area contributed by atoms with E-state index >= 15 is 0 Å². The fourth-order valence-electron chi connectivity index (χ4n) is 1.51. The Morgan fingerprint density at radius 3 is 2.62 bits per heavy atom. The van der Waals surface area contributed by atoms with Crippen molar-refractivity contribution in [1.82, 2.24) is 9.88 Å². The molecule has 0 saturated carbocycles. The molecule has 26 heavy (non-hydrogen) atoms. The van der Waals surface area contributed by atoms with Gasteiger partial charge in [0, 0.05) is 32.6 Å². The number of nitrogens with one attached hydrogen (secondary N) is 1. The summed E-state index contributed by atoms with van der Waals surface area (Å²) in [6.07, 6.45) is 6.00. The molecular formula is C17H26ClN5O3. The van der Waals surface area contributed by atoms with Gasteiger partial charge in [-0.05, 0) is 13.8 Å². The van der Waals surface area contributed by atoms with Crippen LogP contribution in [0.2, 0.25) is 5.15 Å². The van der Waals surface area contributed by atoms with Gasteiger partial charge in [-0.15, -0.1) is 5.10 Å². The van der Waals surface area contributed by atoms with E-state index in [2.05, 4.69) is 15.2 Å². The van der Waals surface area contributed by atoms with Crippen LogP contribution in [0.25, 0.3) is 0 Å². The molecule has 8 nitrogen and oxygen atoms in total. The number of allylic oxidation sites excluding steroid dienone is 2. The third-order valence-electron chi connectivity index (χ3n) is 2.91. The number of halogens is 1. The van der Waals surface area contributed by atoms with E-state index < -0.39 is 0 Å². The Bertz CT molecular complexity index is 643. The molecule has 1 heterocycles. The van der Waals surface area contributed by atoms with Crippen molar-refractivity contribution in [3.63, 3.8) is 0 Å². The normalized spacial score (nSPS) is 11.8. The van der Waals surface area contributed by atoms with Gasteiger partial charge >= 0.3 is 0 Å². The van der Waals surface area contributed by atoms with Crippen molar-refractivity contribution in [2.75, 3.05) is 34.4 Å². The first kappa shape index (κ1) is 23.5. The molecule has 1 rings (SSSR count). The first-order chi connectivity index (χ1) is 12.4. The molecule has 1 aromatic heterocycles. The smallest absolute Gasteiger partial charge is 0.163 e. The summed E-state index contributed by atoms with van der Waals surface area (Å²) in [4.78, 5) is 5.79. The fraction of sp³-hybridized carbons (Fsp3) is 0.412. The Morgan fingerprint density at radius 1 is 1.46 bits per heavy atom. The van der Waals surface area contributed by atoms with Gasteiger partial charge in [0.2, 0.25) is 0 Å². The number of ether oxygens (including phenoxy) is 2. The van der Waals surface area contributed by atoms with E-state index in [9.17, 15) is 0 Å². The molecular weight excluding hydrogens is 358 g/mol. The summed E-state index contributed by atoms with van der Waals surface area (Å²) in [5, 5.41) is 23.9. The maximum absolute atomic E-state index is 8.22. The summed E-state index contributed by atoms with van der Waals surface area (Å²) >= 11 is 5.86. The average Bonchev–Trinajstić information content (AvgIpc) is 2.62. The molecule has 0 bridgehead atoms. The van der Waals surface area contributed by atoms with E-state index in [1.165, 1.54) is 19.5 Å². The van der Waals surface area contributed by atoms with Crippen molar-refractivity contribution >= 4 is 29.9 Å². The SMILES string of the molecule is C/C=C(\C)O.COC/C=N/N=C(/c1cnc(Cl)cc1OC)N(C)CC=N. The van der Waals surface area contributed by atoms with Gasteiger partial charge in [0.05, 0.1) is 37.8 Å². The van der Waals surface area contributed by atoms with Crippen LogP contribution >= 0.6 is 11.6 Å². The van der Waals surface area contributed by atoms with Crippen LogP contribution in [0, 0.1) is 5.41 Å². The van der Waals surface area contributed by atoms with E-state index in [1.807, 2.05) is 0 Å². The molecule has 0 radical (unpaired) electrons. The Hall–Kier alpha value is -2.45. The number of pyridine rings is 1. The molecule has 0 amide bonds. The summed E-state index contributed by atoms with van der Waals surface area (Å²) < 4.78 is 10.2. The molecule has 0 saturated heterocycles. The van der Waals surface area contributed by atoms with Crippen molar-refractivity contribution in [2.24, 2.45) is 10.2 Å². The molecule has 0 fully saturated rings. The molecule has 144 valence electrons. The molecule has 9 heteroatoms. The number of nitrogens with zero attached hydrogens (tertiary/aromatic N) is 4. The van der Waals surface area contributed by atoms with E-state index in [0.717, 1.165) is 0 Å².